The van der Waals surface area contributed by atoms with Gasteiger partial charge in [0.25, 0.3) is 0 Å². The lowest BCUT2D eigenvalue weighted by Gasteiger charge is -2.32. The van der Waals surface area contributed by atoms with Crippen LogP contribution in [0.4, 0.5) is 32.4 Å². The molecular weight excluding hydrogens is 547 g/mol. The Balaban J connectivity index is 1.47. The van der Waals surface area contributed by atoms with Crippen LogP contribution in [0.15, 0.2) is 41.7 Å². The van der Waals surface area contributed by atoms with Gasteiger partial charge in [-0.05, 0) is 38.8 Å². The average Bonchev–Trinajstić information content (AvgIpc) is 2.88. The van der Waals surface area contributed by atoms with Crippen LogP contribution in [0.25, 0.3) is 0 Å². The van der Waals surface area contributed by atoms with E-state index >= 15 is 0 Å². The predicted molar refractivity (Wildman–Crippen MR) is 133 cm³/mol. The largest absolute Gasteiger partial charge is 0.433 e. The third kappa shape index (κ3) is 6.77. The molecular formula is C25H22ClF5N6O2. The molecule has 2 aromatic heterocycles. The number of benzene rings is 1. The molecule has 2 amide bonds. The number of anilines is 1. The number of nitrogens with one attached hydrogen (secondary N) is 1. The fourth-order valence-electron chi connectivity index (χ4n) is 4.08. The smallest absolute Gasteiger partial charge is 0.357 e. The van der Waals surface area contributed by atoms with Crippen molar-refractivity contribution >= 4 is 29.0 Å². The molecule has 0 unspecified atom stereocenters. The van der Waals surface area contributed by atoms with E-state index in [0.717, 1.165) is 18.2 Å². The molecule has 1 aromatic carbocycles. The Kier molecular flexibility index (Phi) is 8.28. The van der Waals surface area contributed by atoms with Crippen LogP contribution in [0.5, 0.6) is 5.75 Å². The SMILES string of the molecule is CC(=NOc1cc(Cl)nc(C(F)(F)F)c1)c1cnc(C)nc1C1CCN(C(=O)Nc2c(F)cccc2F)CC1. The summed E-state index contributed by atoms with van der Waals surface area (Å²) in [4.78, 5) is 31.3. The number of amides is 2. The summed E-state index contributed by atoms with van der Waals surface area (Å²) in [7, 11) is 0. The van der Waals surface area contributed by atoms with Crippen LogP contribution in [-0.4, -0.2) is 44.7 Å². The number of aryl methyl sites for hydroxylation is 1. The molecule has 0 spiro atoms. The van der Waals surface area contributed by atoms with Crippen LogP contribution in [-0.2, 0) is 6.18 Å². The number of urea groups is 1. The van der Waals surface area contributed by atoms with E-state index < -0.39 is 40.4 Å². The number of nitrogens with zero attached hydrogens (tertiary/aromatic N) is 5. The van der Waals surface area contributed by atoms with Gasteiger partial charge in [-0.3, -0.25) is 0 Å². The Bertz CT molecular complexity index is 1390. The molecule has 0 atom stereocenters. The fraction of sp³-hybridized carbons (Fsp3) is 0.320. The number of pyridine rings is 1. The van der Waals surface area contributed by atoms with Gasteiger partial charge >= 0.3 is 12.2 Å². The zero-order valence-electron chi connectivity index (χ0n) is 20.7. The van der Waals surface area contributed by atoms with Crippen LogP contribution in [0.1, 0.15) is 48.5 Å². The molecule has 3 heterocycles. The molecule has 14 heteroatoms. The summed E-state index contributed by atoms with van der Waals surface area (Å²) < 4.78 is 66.9. The molecule has 1 fully saturated rings. The van der Waals surface area contributed by atoms with Crippen molar-refractivity contribution in [2.45, 2.75) is 38.8 Å². The minimum absolute atomic E-state index is 0.117. The standard InChI is InChI=1S/C25H22ClF5N6O2/c1-13(36-39-16-10-20(25(29,30)31)34-21(26)11-16)17-12-32-14(2)33-22(17)15-6-8-37(9-7-15)24(38)35-23-18(27)4-3-5-19(23)28/h3-5,10-12,15H,6-9H2,1-2H3,(H,35,38). The topological polar surface area (TPSA) is 92.6 Å². The molecule has 0 aliphatic carbocycles. The summed E-state index contributed by atoms with van der Waals surface area (Å²) in [5.41, 5.74) is -0.264. The van der Waals surface area contributed by atoms with E-state index in [1.165, 1.54) is 11.0 Å². The van der Waals surface area contributed by atoms with Crippen molar-refractivity contribution < 1.29 is 31.6 Å². The van der Waals surface area contributed by atoms with Crippen molar-refractivity contribution in [3.63, 3.8) is 0 Å². The van der Waals surface area contributed by atoms with Gasteiger partial charge in [-0.1, -0.05) is 22.8 Å². The molecule has 4 rings (SSSR count). The van der Waals surface area contributed by atoms with Gasteiger partial charge in [0.1, 0.15) is 34.0 Å². The third-order valence-corrected chi connectivity index (χ3v) is 6.23. The maximum Gasteiger partial charge on any atom is 0.433 e. The lowest BCUT2D eigenvalue weighted by atomic mass is 9.90. The number of hydrogen-bond donors (Lipinski definition) is 1. The van der Waals surface area contributed by atoms with Gasteiger partial charge in [-0.25, -0.2) is 28.5 Å². The van der Waals surface area contributed by atoms with E-state index in [-0.39, 0.29) is 24.8 Å². The maximum absolute atomic E-state index is 13.9. The average molecular weight is 569 g/mol. The van der Waals surface area contributed by atoms with E-state index in [9.17, 15) is 26.7 Å². The summed E-state index contributed by atoms with van der Waals surface area (Å²) in [5.74, 6) is -1.62. The lowest BCUT2D eigenvalue weighted by Crippen LogP contribution is -2.41. The number of carbonyl (C=O) groups is 1. The number of para-hydroxylation sites is 1. The Morgan fingerprint density at radius 3 is 2.46 bits per heavy atom. The molecule has 3 aromatic rings. The number of piperidine rings is 1. The molecule has 1 N–H and O–H groups in total. The van der Waals surface area contributed by atoms with Crippen LogP contribution in [0, 0.1) is 18.6 Å². The van der Waals surface area contributed by atoms with Crippen molar-refractivity contribution in [2.75, 3.05) is 18.4 Å². The number of halogens is 6. The van der Waals surface area contributed by atoms with E-state index in [1.54, 1.807) is 20.0 Å². The fourth-order valence-corrected chi connectivity index (χ4v) is 4.28. The van der Waals surface area contributed by atoms with Gasteiger partial charge < -0.3 is 15.1 Å². The first-order chi connectivity index (χ1) is 18.4. The lowest BCUT2D eigenvalue weighted by molar-refractivity contribution is -0.141. The summed E-state index contributed by atoms with van der Waals surface area (Å²) in [6.07, 6.45) is -2.20. The highest BCUT2D eigenvalue weighted by atomic mass is 35.5. The third-order valence-electron chi connectivity index (χ3n) is 6.04. The zero-order chi connectivity index (χ0) is 28.3. The van der Waals surface area contributed by atoms with Crippen LogP contribution in [0.2, 0.25) is 5.15 Å². The first kappa shape index (κ1) is 28.1. The summed E-state index contributed by atoms with van der Waals surface area (Å²) in [6.45, 7) is 3.88. The van der Waals surface area contributed by atoms with E-state index in [1.807, 2.05) is 0 Å². The van der Waals surface area contributed by atoms with E-state index in [2.05, 4.69) is 25.4 Å². The van der Waals surface area contributed by atoms with Gasteiger partial charge in [0.15, 0.2) is 5.75 Å². The molecule has 0 bridgehead atoms. The molecule has 206 valence electrons. The van der Waals surface area contributed by atoms with Crippen LogP contribution >= 0.6 is 11.6 Å². The molecule has 8 nitrogen and oxygen atoms in total. The summed E-state index contributed by atoms with van der Waals surface area (Å²) in [6, 6.07) is 4.47. The summed E-state index contributed by atoms with van der Waals surface area (Å²) >= 11 is 5.70. The normalized spacial score (nSPS) is 14.9. The molecule has 39 heavy (non-hydrogen) atoms. The summed E-state index contributed by atoms with van der Waals surface area (Å²) in [5, 5.41) is 5.84. The Morgan fingerprint density at radius 1 is 1.15 bits per heavy atom. The molecule has 0 saturated carbocycles. The molecule has 1 saturated heterocycles. The number of oxime groups is 1. The number of aromatic nitrogens is 3. The number of hydrogen-bond acceptors (Lipinski definition) is 6. The Morgan fingerprint density at radius 2 is 1.82 bits per heavy atom. The number of alkyl halides is 3. The Hall–Kier alpha value is -3.87. The van der Waals surface area contributed by atoms with Crippen molar-refractivity contribution in [3.05, 3.63) is 76.1 Å². The number of rotatable bonds is 5. The van der Waals surface area contributed by atoms with Gasteiger partial charge in [-0.15, -0.1) is 0 Å². The van der Waals surface area contributed by atoms with Crippen molar-refractivity contribution in [1.82, 2.24) is 19.9 Å². The van der Waals surface area contributed by atoms with E-state index in [0.29, 0.717) is 41.7 Å². The van der Waals surface area contributed by atoms with Crippen LogP contribution in [0.3, 0.4) is 0 Å². The van der Waals surface area contributed by atoms with Gasteiger partial charge in [-0.2, -0.15) is 13.2 Å². The highest BCUT2D eigenvalue weighted by Gasteiger charge is 2.33. The van der Waals surface area contributed by atoms with Gasteiger partial charge in [0.05, 0.1) is 11.4 Å². The van der Waals surface area contributed by atoms with Crippen molar-refractivity contribution in [2.24, 2.45) is 5.16 Å². The minimum atomic E-state index is -4.71. The van der Waals surface area contributed by atoms with Crippen molar-refractivity contribution in [3.8, 4) is 5.75 Å². The first-order valence-corrected chi connectivity index (χ1v) is 12.1. The van der Waals surface area contributed by atoms with Crippen molar-refractivity contribution in [1.29, 1.82) is 0 Å². The predicted octanol–water partition coefficient (Wildman–Crippen LogP) is 6.34. The highest BCUT2D eigenvalue weighted by molar-refractivity contribution is 6.29. The Labute approximate surface area is 224 Å². The second-order valence-electron chi connectivity index (χ2n) is 8.78. The molecule has 0 radical (unpaired) electrons. The van der Waals surface area contributed by atoms with Gasteiger partial charge in [0.2, 0.25) is 0 Å². The minimum Gasteiger partial charge on any atom is -0.357 e. The van der Waals surface area contributed by atoms with Crippen LogP contribution < -0.4 is 10.2 Å². The second-order valence-corrected chi connectivity index (χ2v) is 9.17. The molecule has 1 aliphatic rings. The number of carbonyl (C=O) groups excluding carboxylic acids is 1. The zero-order valence-corrected chi connectivity index (χ0v) is 21.4. The van der Waals surface area contributed by atoms with Gasteiger partial charge in [0, 0.05) is 42.9 Å². The maximum atomic E-state index is 13.9. The first-order valence-electron chi connectivity index (χ1n) is 11.7. The number of likely N-dealkylation sites (tertiary alicyclic amines) is 1. The monoisotopic (exact) mass is 568 g/mol. The van der Waals surface area contributed by atoms with E-state index in [4.69, 9.17) is 16.4 Å². The quantitative estimate of drug-likeness (QED) is 0.168. The second kappa shape index (κ2) is 11.5. The highest BCUT2D eigenvalue weighted by Crippen LogP contribution is 2.33. The molecule has 1 aliphatic heterocycles.